The Morgan fingerprint density at radius 3 is 2.84 bits per heavy atom. The molecule has 1 aromatic carbocycles. The number of nitrogens with zero attached hydrogens (tertiary/aromatic N) is 1. The van der Waals surface area contributed by atoms with Crippen LogP contribution in [0, 0.1) is 6.92 Å². The molecule has 1 heterocycles. The molecule has 4 nitrogen and oxygen atoms in total. The number of nitrogens with one attached hydrogen (secondary N) is 2. The molecule has 0 aliphatic carbocycles. The van der Waals surface area contributed by atoms with Gasteiger partial charge in [-0.25, -0.2) is 0 Å². The van der Waals surface area contributed by atoms with Crippen molar-refractivity contribution in [3.63, 3.8) is 0 Å². The molecule has 0 atom stereocenters. The molecular weight excluding hydrogens is 238 g/mol. The van der Waals surface area contributed by atoms with Gasteiger partial charge in [0, 0.05) is 51.4 Å². The second-order valence-electron chi connectivity index (χ2n) is 5.08. The lowest BCUT2D eigenvalue weighted by Crippen LogP contribution is -2.45. The summed E-state index contributed by atoms with van der Waals surface area (Å²) in [6.45, 7) is 9.69. The zero-order valence-electron chi connectivity index (χ0n) is 12.0. The van der Waals surface area contributed by atoms with Crippen LogP contribution < -0.4 is 15.4 Å². The molecule has 0 spiro atoms. The molecule has 1 aliphatic rings. The monoisotopic (exact) mass is 263 g/mol. The van der Waals surface area contributed by atoms with Gasteiger partial charge in [-0.1, -0.05) is 17.7 Å². The Kier molecular flexibility index (Phi) is 5.63. The summed E-state index contributed by atoms with van der Waals surface area (Å²) in [5.41, 5.74) is 2.52. The predicted molar refractivity (Wildman–Crippen MR) is 78.7 cm³/mol. The summed E-state index contributed by atoms with van der Waals surface area (Å²) in [5.74, 6) is 0.972. The summed E-state index contributed by atoms with van der Waals surface area (Å²) in [6.07, 6.45) is 0. The van der Waals surface area contributed by atoms with Crippen molar-refractivity contribution < 1.29 is 4.74 Å². The van der Waals surface area contributed by atoms with Crippen LogP contribution in [0.5, 0.6) is 5.75 Å². The Labute approximate surface area is 116 Å². The van der Waals surface area contributed by atoms with Crippen molar-refractivity contribution >= 4 is 0 Å². The SMILES string of the molecule is COc1ccc(C)cc1CNCCN1CCNCC1. The molecule has 1 saturated heterocycles. The smallest absolute Gasteiger partial charge is 0.123 e. The van der Waals surface area contributed by atoms with Gasteiger partial charge in [0.2, 0.25) is 0 Å². The first-order valence-electron chi connectivity index (χ1n) is 7.07. The van der Waals surface area contributed by atoms with Crippen molar-refractivity contribution in [3.05, 3.63) is 29.3 Å². The first-order chi connectivity index (χ1) is 9.29. The largest absolute Gasteiger partial charge is 0.496 e. The van der Waals surface area contributed by atoms with E-state index < -0.39 is 0 Å². The summed E-state index contributed by atoms with van der Waals surface area (Å²) in [4.78, 5) is 2.50. The van der Waals surface area contributed by atoms with Gasteiger partial charge < -0.3 is 15.4 Å². The van der Waals surface area contributed by atoms with E-state index in [1.165, 1.54) is 11.1 Å². The van der Waals surface area contributed by atoms with Crippen LogP contribution in [-0.2, 0) is 6.54 Å². The van der Waals surface area contributed by atoms with Crippen LogP contribution >= 0.6 is 0 Å². The molecule has 0 amide bonds. The highest BCUT2D eigenvalue weighted by Crippen LogP contribution is 2.19. The van der Waals surface area contributed by atoms with Crippen LogP contribution in [0.4, 0.5) is 0 Å². The number of ether oxygens (including phenoxy) is 1. The molecule has 4 heteroatoms. The summed E-state index contributed by atoms with van der Waals surface area (Å²) >= 11 is 0. The van der Waals surface area contributed by atoms with Crippen molar-refractivity contribution in [1.29, 1.82) is 0 Å². The van der Waals surface area contributed by atoms with Crippen LogP contribution in [0.1, 0.15) is 11.1 Å². The molecule has 2 rings (SSSR count). The lowest BCUT2D eigenvalue weighted by molar-refractivity contribution is 0.241. The lowest BCUT2D eigenvalue weighted by atomic mass is 10.1. The van der Waals surface area contributed by atoms with Crippen molar-refractivity contribution in [2.75, 3.05) is 46.4 Å². The Bertz CT molecular complexity index is 389. The number of rotatable bonds is 6. The van der Waals surface area contributed by atoms with E-state index in [1.807, 2.05) is 6.07 Å². The van der Waals surface area contributed by atoms with Crippen LogP contribution in [0.3, 0.4) is 0 Å². The average molecular weight is 263 g/mol. The summed E-state index contributed by atoms with van der Waals surface area (Å²) in [7, 11) is 1.73. The molecule has 0 bridgehead atoms. The highest BCUT2D eigenvalue weighted by atomic mass is 16.5. The van der Waals surface area contributed by atoms with Crippen molar-refractivity contribution in [2.45, 2.75) is 13.5 Å². The maximum absolute atomic E-state index is 5.39. The Morgan fingerprint density at radius 2 is 2.11 bits per heavy atom. The molecule has 0 radical (unpaired) electrons. The minimum atomic E-state index is 0.872. The molecule has 106 valence electrons. The van der Waals surface area contributed by atoms with Crippen LogP contribution in [-0.4, -0.2) is 51.3 Å². The van der Waals surface area contributed by atoms with Gasteiger partial charge in [-0.15, -0.1) is 0 Å². The number of benzene rings is 1. The Balaban J connectivity index is 1.74. The summed E-state index contributed by atoms with van der Waals surface area (Å²) in [6, 6.07) is 6.32. The van der Waals surface area contributed by atoms with Gasteiger partial charge in [-0.2, -0.15) is 0 Å². The Hall–Kier alpha value is -1.10. The number of hydrogen-bond acceptors (Lipinski definition) is 4. The molecule has 1 fully saturated rings. The standard InChI is InChI=1S/C15H25N3O/c1-13-3-4-15(19-2)14(11-13)12-17-7-10-18-8-5-16-6-9-18/h3-4,11,16-17H,5-10,12H2,1-2H3. The molecule has 2 N–H and O–H groups in total. The van der Waals surface area contributed by atoms with E-state index in [0.29, 0.717) is 0 Å². The van der Waals surface area contributed by atoms with E-state index in [4.69, 9.17) is 4.74 Å². The quantitative estimate of drug-likeness (QED) is 0.751. The van der Waals surface area contributed by atoms with E-state index >= 15 is 0 Å². The second-order valence-corrected chi connectivity index (χ2v) is 5.08. The first kappa shape index (κ1) is 14.3. The third kappa shape index (κ3) is 4.49. The summed E-state index contributed by atoms with van der Waals surface area (Å²) < 4.78 is 5.39. The third-order valence-corrected chi connectivity index (χ3v) is 3.57. The number of piperazine rings is 1. The fourth-order valence-corrected chi connectivity index (χ4v) is 2.44. The molecule has 0 saturated carbocycles. The average Bonchev–Trinajstić information content (AvgIpc) is 2.45. The maximum Gasteiger partial charge on any atom is 0.123 e. The van der Waals surface area contributed by atoms with E-state index in [1.54, 1.807) is 7.11 Å². The van der Waals surface area contributed by atoms with Gasteiger partial charge in [-0.3, -0.25) is 4.90 Å². The van der Waals surface area contributed by atoms with E-state index in [9.17, 15) is 0 Å². The molecule has 0 aromatic heterocycles. The van der Waals surface area contributed by atoms with Gasteiger partial charge >= 0.3 is 0 Å². The molecule has 1 aliphatic heterocycles. The van der Waals surface area contributed by atoms with Crippen LogP contribution in [0.2, 0.25) is 0 Å². The fraction of sp³-hybridized carbons (Fsp3) is 0.600. The van der Waals surface area contributed by atoms with Gasteiger partial charge in [0.05, 0.1) is 7.11 Å². The third-order valence-electron chi connectivity index (χ3n) is 3.57. The van der Waals surface area contributed by atoms with Crippen LogP contribution in [0.15, 0.2) is 18.2 Å². The fourth-order valence-electron chi connectivity index (χ4n) is 2.44. The van der Waals surface area contributed by atoms with Gasteiger partial charge in [-0.05, 0) is 13.0 Å². The second kappa shape index (κ2) is 7.48. The topological polar surface area (TPSA) is 36.5 Å². The van der Waals surface area contributed by atoms with Crippen molar-refractivity contribution in [2.24, 2.45) is 0 Å². The Morgan fingerprint density at radius 1 is 1.32 bits per heavy atom. The number of methoxy groups -OCH3 is 1. The van der Waals surface area contributed by atoms with Gasteiger partial charge in [0.1, 0.15) is 5.75 Å². The number of aryl methyl sites for hydroxylation is 1. The van der Waals surface area contributed by atoms with E-state index in [-0.39, 0.29) is 0 Å². The van der Waals surface area contributed by atoms with E-state index in [0.717, 1.165) is 51.6 Å². The molecule has 0 unspecified atom stereocenters. The maximum atomic E-state index is 5.39. The highest BCUT2D eigenvalue weighted by Gasteiger charge is 2.08. The first-order valence-corrected chi connectivity index (χ1v) is 7.07. The van der Waals surface area contributed by atoms with Crippen LogP contribution in [0.25, 0.3) is 0 Å². The van der Waals surface area contributed by atoms with E-state index in [2.05, 4.69) is 34.6 Å². The molecule has 1 aromatic rings. The lowest BCUT2D eigenvalue weighted by Gasteiger charge is -2.27. The van der Waals surface area contributed by atoms with Crippen molar-refractivity contribution in [1.82, 2.24) is 15.5 Å². The zero-order valence-corrected chi connectivity index (χ0v) is 12.0. The van der Waals surface area contributed by atoms with Gasteiger partial charge in [0.25, 0.3) is 0 Å². The zero-order chi connectivity index (χ0) is 13.5. The highest BCUT2D eigenvalue weighted by molar-refractivity contribution is 5.36. The normalized spacial score (nSPS) is 16.5. The number of hydrogen-bond donors (Lipinski definition) is 2. The van der Waals surface area contributed by atoms with Gasteiger partial charge in [0.15, 0.2) is 0 Å². The predicted octanol–water partition coefficient (Wildman–Crippen LogP) is 0.998. The minimum Gasteiger partial charge on any atom is -0.496 e. The minimum absolute atomic E-state index is 0.872. The molecular formula is C15H25N3O. The summed E-state index contributed by atoms with van der Waals surface area (Å²) in [5, 5.41) is 6.88. The molecule has 19 heavy (non-hydrogen) atoms. The van der Waals surface area contributed by atoms with Crippen molar-refractivity contribution in [3.8, 4) is 5.75 Å².